The molecule has 0 unspecified atom stereocenters. The molecular weight excluding hydrogens is 750 g/mol. The maximum atomic E-state index is 13.1. The molecule has 2 aliphatic heterocycles. The first-order valence-corrected chi connectivity index (χ1v) is 12.3. The first-order chi connectivity index (χ1) is 14.6. The van der Waals surface area contributed by atoms with Crippen LogP contribution in [0, 0.1) is 0 Å². The predicted octanol–water partition coefficient (Wildman–Crippen LogP) is 7.64. The average Bonchev–Trinajstić information content (AvgIpc) is 3.04. The van der Waals surface area contributed by atoms with E-state index in [0.29, 0.717) is 25.6 Å². The quantitative estimate of drug-likeness (QED) is 0.182. The summed E-state index contributed by atoms with van der Waals surface area (Å²) >= 11 is 26.3. The van der Waals surface area contributed by atoms with Gasteiger partial charge in [-0.1, -0.05) is 23.2 Å². The van der Waals surface area contributed by atoms with Gasteiger partial charge >= 0.3 is 5.97 Å². The standard InChI is InChI=1S/C20H6Br4Cl2O5.K/c21-7-3-5-17(13(23)15(7)27)30-18-6(4-8(22)16(28)14(18)24)20(5)12-10(26)2-1-9(25)11(12)19(29)31-20;/h1-4,27-28H;. The first kappa shape index (κ1) is 25.8. The number of phenols is 2. The molecule has 32 heavy (non-hydrogen) atoms. The zero-order valence-electron chi connectivity index (χ0n) is 15.7. The molecule has 12 heteroatoms. The van der Waals surface area contributed by atoms with E-state index in [-0.39, 0.29) is 98.9 Å². The van der Waals surface area contributed by atoms with Crippen LogP contribution in [-0.4, -0.2) is 67.6 Å². The molecule has 0 aliphatic carbocycles. The summed E-state index contributed by atoms with van der Waals surface area (Å²) in [6, 6.07) is 6.28. The molecule has 1 spiro atoms. The molecule has 0 fully saturated rings. The molecule has 0 bridgehead atoms. The molecule has 0 saturated carbocycles. The molecule has 2 N–H and O–H groups in total. The minimum atomic E-state index is -1.56. The first-order valence-electron chi connectivity index (χ1n) is 8.42. The Kier molecular flexibility index (Phi) is 7.21. The van der Waals surface area contributed by atoms with E-state index >= 15 is 0 Å². The molecule has 0 saturated heterocycles. The van der Waals surface area contributed by atoms with Gasteiger partial charge < -0.3 is 19.7 Å². The van der Waals surface area contributed by atoms with Gasteiger partial charge in [-0.05, 0) is 88.0 Å². The molecule has 0 aromatic heterocycles. The van der Waals surface area contributed by atoms with Crippen molar-refractivity contribution in [2.24, 2.45) is 0 Å². The summed E-state index contributed by atoms with van der Waals surface area (Å²) in [5, 5.41) is 21.4. The monoisotopic (exact) mass is 751 g/mol. The van der Waals surface area contributed by atoms with Gasteiger partial charge in [-0.2, -0.15) is 0 Å². The predicted molar refractivity (Wildman–Crippen MR) is 135 cm³/mol. The Hall–Kier alpha value is 0.666. The Morgan fingerprint density at radius 1 is 0.844 bits per heavy atom. The van der Waals surface area contributed by atoms with Gasteiger partial charge in [-0.3, -0.25) is 0 Å². The summed E-state index contributed by atoms with van der Waals surface area (Å²) in [6.07, 6.45) is 0. The third kappa shape index (κ3) is 3.43. The number of fused-ring (bicyclic) bond motifs is 6. The maximum Gasteiger partial charge on any atom is 0.341 e. The number of rotatable bonds is 0. The van der Waals surface area contributed by atoms with Gasteiger partial charge in [0.1, 0.15) is 20.4 Å². The van der Waals surface area contributed by atoms with E-state index in [1.54, 1.807) is 18.2 Å². The number of hydrogen-bond donors (Lipinski definition) is 2. The van der Waals surface area contributed by atoms with E-state index in [2.05, 4.69) is 63.7 Å². The molecule has 0 amide bonds. The Morgan fingerprint density at radius 3 is 1.81 bits per heavy atom. The fourth-order valence-corrected chi connectivity index (χ4v) is 6.80. The second kappa shape index (κ2) is 8.96. The van der Waals surface area contributed by atoms with Gasteiger partial charge in [0.15, 0.2) is 17.1 Å². The second-order valence-electron chi connectivity index (χ2n) is 6.75. The zero-order valence-corrected chi connectivity index (χ0v) is 26.7. The van der Waals surface area contributed by atoms with Crippen LogP contribution in [0.5, 0.6) is 23.0 Å². The van der Waals surface area contributed by atoms with Crippen molar-refractivity contribution in [3.05, 3.63) is 74.5 Å². The van der Waals surface area contributed by atoms with Crippen LogP contribution in [0.4, 0.5) is 0 Å². The Bertz CT molecular complexity index is 1300. The second-order valence-corrected chi connectivity index (χ2v) is 10.9. The molecule has 0 atom stereocenters. The number of carbonyl (C=O) groups excluding carboxylic acids is 1. The summed E-state index contributed by atoms with van der Waals surface area (Å²) in [5.74, 6) is -0.519. The maximum absolute atomic E-state index is 13.1. The number of hydrogen-bond acceptors (Lipinski definition) is 5. The van der Waals surface area contributed by atoms with Gasteiger partial charge in [0, 0.05) is 62.0 Å². The van der Waals surface area contributed by atoms with Gasteiger partial charge in [-0.15, -0.1) is 0 Å². The number of halogens is 6. The van der Waals surface area contributed by atoms with Crippen molar-refractivity contribution >= 4 is 144 Å². The van der Waals surface area contributed by atoms with Crippen LogP contribution >= 0.6 is 86.9 Å². The number of ether oxygens (including phenoxy) is 2. The number of esters is 1. The minimum Gasteiger partial charge on any atom is -0.505 e. The number of aromatic hydroxyl groups is 2. The normalized spacial score (nSPS) is 14.8. The van der Waals surface area contributed by atoms with Crippen molar-refractivity contribution < 1.29 is 24.5 Å². The smallest absolute Gasteiger partial charge is 0.341 e. The van der Waals surface area contributed by atoms with E-state index in [9.17, 15) is 15.0 Å². The van der Waals surface area contributed by atoms with Crippen LogP contribution in [0.3, 0.4) is 0 Å². The third-order valence-electron chi connectivity index (χ3n) is 5.17. The molecule has 1 radical (unpaired) electrons. The number of benzene rings is 3. The summed E-state index contributed by atoms with van der Waals surface area (Å²) in [4.78, 5) is 13.1. The van der Waals surface area contributed by atoms with Gasteiger partial charge in [0.05, 0.1) is 30.7 Å². The van der Waals surface area contributed by atoms with Crippen LogP contribution in [0.1, 0.15) is 27.0 Å². The average molecular weight is 756 g/mol. The van der Waals surface area contributed by atoms with Gasteiger partial charge in [0.25, 0.3) is 0 Å². The SMILES string of the molecule is O=C1OC2(c3cc(Br)c(O)c(Br)c3Oc3c2cc(Br)c(O)c3Br)c2c(Cl)ccc(Cl)c21.[K]. The van der Waals surface area contributed by atoms with Crippen LogP contribution < -0.4 is 4.74 Å². The topological polar surface area (TPSA) is 76.0 Å². The summed E-state index contributed by atoms with van der Waals surface area (Å²) in [5.41, 5.74) is -0.288. The molecule has 5 nitrogen and oxygen atoms in total. The van der Waals surface area contributed by atoms with Crippen LogP contribution in [0.25, 0.3) is 0 Å². The fraction of sp³-hybridized carbons (Fsp3) is 0.0500. The molecule has 5 rings (SSSR count). The molecular formula is C20H6Br4Cl2KO5. The molecule has 2 heterocycles. The number of phenolic OH excluding ortho intramolecular Hbond substituents is 2. The fourth-order valence-electron chi connectivity index (χ4n) is 3.87. The Balaban J connectivity index is 0.00000245. The van der Waals surface area contributed by atoms with E-state index in [1.165, 1.54) is 6.07 Å². The van der Waals surface area contributed by atoms with E-state index in [4.69, 9.17) is 32.7 Å². The van der Waals surface area contributed by atoms with Crippen molar-refractivity contribution in [2.45, 2.75) is 5.60 Å². The van der Waals surface area contributed by atoms with Gasteiger partial charge in [0.2, 0.25) is 0 Å². The molecule has 3 aromatic carbocycles. The van der Waals surface area contributed by atoms with E-state index in [1.807, 2.05) is 0 Å². The summed E-state index contributed by atoms with van der Waals surface area (Å²) in [6.45, 7) is 0. The van der Waals surface area contributed by atoms with Gasteiger partial charge in [-0.25, -0.2) is 4.79 Å². The molecule has 3 aromatic rings. The minimum absolute atomic E-state index is 0. The zero-order chi connectivity index (χ0) is 22.4. The molecule has 2 aliphatic rings. The third-order valence-corrected chi connectivity index (χ3v) is 8.48. The van der Waals surface area contributed by atoms with Crippen molar-refractivity contribution in [2.75, 3.05) is 0 Å². The van der Waals surface area contributed by atoms with Crippen molar-refractivity contribution in [1.82, 2.24) is 0 Å². The molecule has 159 valence electrons. The Labute approximate surface area is 267 Å². The van der Waals surface area contributed by atoms with E-state index in [0.717, 1.165) is 0 Å². The Morgan fingerprint density at radius 2 is 1.31 bits per heavy atom. The largest absolute Gasteiger partial charge is 0.505 e. The summed E-state index contributed by atoms with van der Waals surface area (Å²) < 4.78 is 13.3. The van der Waals surface area contributed by atoms with Crippen LogP contribution in [0.15, 0.2) is 42.2 Å². The van der Waals surface area contributed by atoms with E-state index < -0.39 is 11.6 Å². The van der Waals surface area contributed by atoms with Crippen LogP contribution in [0.2, 0.25) is 10.0 Å². The number of carbonyl (C=O) groups is 1. The van der Waals surface area contributed by atoms with Crippen molar-refractivity contribution in [3.8, 4) is 23.0 Å². The van der Waals surface area contributed by atoms with Crippen LogP contribution in [-0.2, 0) is 10.3 Å². The summed E-state index contributed by atoms with van der Waals surface area (Å²) in [7, 11) is 0. The van der Waals surface area contributed by atoms with Crippen molar-refractivity contribution in [1.29, 1.82) is 0 Å². The van der Waals surface area contributed by atoms with Crippen molar-refractivity contribution in [3.63, 3.8) is 0 Å².